The molecule has 1 aliphatic carbocycles. The Labute approximate surface area is 168 Å². The van der Waals surface area contributed by atoms with Gasteiger partial charge in [-0.3, -0.25) is 14.7 Å². The molecule has 2 aromatic carbocycles. The van der Waals surface area contributed by atoms with Crippen molar-refractivity contribution in [2.24, 2.45) is 5.92 Å². The van der Waals surface area contributed by atoms with Gasteiger partial charge in [0, 0.05) is 23.6 Å². The topological polar surface area (TPSA) is 95.2 Å². The highest BCUT2D eigenvalue weighted by Gasteiger charge is 2.51. The van der Waals surface area contributed by atoms with Crippen LogP contribution in [0.3, 0.4) is 0 Å². The fraction of sp³-hybridized carbons (Fsp3) is 0.304. The first kappa shape index (κ1) is 19.2. The van der Waals surface area contributed by atoms with Crippen molar-refractivity contribution >= 4 is 5.97 Å². The number of aromatic amines is 2. The van der Waals surface area contributed by atoms with Crippen molar-refractivity contribution in [1.29, 1.82) is 0 Å². The number of H-pyrrole nitrogens is 2. The van der Waals surface area contributed by atoms with Crippen molar-refractivity contribution in [3.05, 3.63) is 92.9 Å². The van der Waals surface area contributed by atoms with Crippen LogP contribution in [-0.4, -0.2) is 26.9 Å². The van der Waals surface area contributed by atoms with Gasteiger partial charge in [-0.2, -0.15) is 0 Å². The largest absolute Gasteiger partial charge is 0.460 e. The maximum Gasteiger partial charge on any atom is 0.313 e. The van der Waals surface area contributed by atoms with E-state index in [0.717, 1.165) is 16.7 Å². The van der Waals surface area contributed by atoms with Crippen LogP contribution in [-0.2, 0) is 22.6 Å². The molecule has 3 N–H and O–H groups in total. The minimum absolute atomic E-state index is 0.114. The lowest BCUT2D eigenvalue weighted by Gasteiger charge is -2.40. The number of nitrogens with one attached hydrogen (secondary N) is 2. The number of aromatic nitrogens is 2. The van der Waals surface area contributed by atoms with E-state index < -0.39 is 23.4 Å². The van der Waals surface area contributed by atoms with Gasteiger partial charge in [0.25, 0.3) is 5.56 Å². The fourth-order valence-electron chi connectivity index (χ4n) is 4.21. The van der Waals surface area contributed by atoms with E-state index in [4.69, 9.17) is 4.74 Å². The standard InChI is InChI=1S/C23H24N2O4/c1-14-8-10-16(11-9-14)18-19-17(24-25-21(19)26)12-23(2,28)20(18)22(27)29-13-15-6-4-3-5-7-15/h3-11,18,20,28H,12-13H2,1-2H3,(H2,24,25,26)/t18-,20+,23-/m1/s1. The second kappa shape index (κ2) is 7.37. The first-order valence-electron chi connectivity index (χ1n) is 9.66. The zero-order chi connectivity index (χ0) is 20.6. The van der Waals surface area contributed by atoms with Crippen molar-refractivity contribution in [3.8, 4) is 0 Å². The molecule has 0 unspecified atom stereocenters. The first-order chi connectivity index (χ1) is 13.9. The Balaban J connectivity index is 1.74. The number of aryl methyl sites for hydroxylation is 1. The van der Waals surface area contributed by atoms with E-state index in [-0.39, 0.29) is 18.6 Å². The van der Waals surface area contributed by atoms with Crippen LogP contribution < -0.4 is 5.56 Å². The number of ether oxygens (including phenoxy) is 1. The number of esters is 1. The third kappa shape index (κ3) is 3.63. The van der Waals surface area contributed by atoms with E-state index in [9.17, 15) is 14.7 Å². The van der Waals surface area contributed by atoms with Crippen LogP contribution in [0.1, 0.15) is 40.8 Å². The molecule has 0 amide bonds. The molecule has 0 fully saturated rings. The molecular weight excluding hydrogens is 368 g/mol. The third-order valence-electron chi connectivity index (χ3n) is 5.66. The van der Waals surface area contributed by atoms with Crippen molar-refractivity contribution in [2.45, 2.75) is 38.4 Å². The third-order valence-corrected chi connectivity index (χ3v) is 5.66. The predicted octanol–water partition coefficient (Wildman–Crippen LogP) is 2.81. The Hall–Kier alpha value is -3.12. The SMILES string of the molecule is Cc1ccc([C@@H]2c3c([nH][nH]c3=O)C[C@@](C)(O)[C@@H]2C(=O)OCc2ccccc2)cc1. The maximum atomic E-state index is 13.2. The second-order valence-corrected chi connectivity index (χ2v) is 7.96. The molecule has 0 aliphatic heterocycles. The number of benzene rings is 2. The summed E-state index contributed by atoms with van der Waals surface area (Å²) in [5.41, 5.74) is 2.19. The summed E-state index contributed by atoms with van der Waals surface area (Å²) in [7, 11) is 0. The Bertz CT molecular complexity index is 1060. The Morgan fingerprint density at radius 1 is 1.14 bits per heavy atom. The number of rotatable bonds is 4. The number of aliphatic hydroxyl groups is 1. The number of hydrogen-bond donors (Lipinski definition) is 3. The number of carbonyl (C=O) groups is 1. The summed E-state index contributed by atoms with van der Waals surface area (Å²) in [5.74, 6) is -2.03. The van der Waals surface area contributed by atoms with Gasteiger partial charge in [-0.15, -0.1) is 0 Å². The zero-order valence-electron chi connectivity index (χ0n) is 16.4. The van der Waals surface area contributed by atoms with E-state index in [0.29, 0.717) is 11.3 Å². The van der Waals surface area contributed by atoms with Crippen LogP contribution in [0.2, 0.25) is 0 Å². The van der Waals surface area contributed by atoms with Crippen molar-refractivity contribution in [1.82, 2.24) is 10.2 Å². The average Bonchev–Trinajstić information content (AvgIpc) is 3.05. The molecular formula is C23H24N2O4. The Morgan fingerprint density at radius 2 is 1.83 bits per heavy atom. The molecule has 1 heterocycles. The zero-order valence-corrected chi connectivity index (χ0v) is 16.4. The molecule has 1 aliphatic rings. The Kier molecular flexibility index (Phi) is 4.88. The summed E-state index contributed by atoms with van der Waals surface area (Å²) in [4.78, 5) is 25.7. The van der Waals surface area contributed by atoms with Gasteiger partial charge in [-0.05, 0) is 25.0 Å². The summed E-state index contributed by atoms with van der Waals surface area (Å²) in [6, 6.07) is 17.1. The molecule has 0 bridgehead atoms. The number of carbonyl (C=O) groups excluding carboxylic acids is 1. The Morgan fingerprint density at radius 3 is 2.52 bits per heavy atom. The first-order valence-corrected chi connectivity index (χ1v) is 9.66. The summed E-state index contributed by atoms with van der Waals surface area (Å²) in [6.07, 6.45) is 0.161. The lowest BCUT2D eigenvalue weighted by molar-refractivity contribution is -0.161. The maximum absolute atomic E-state index is 13.2. The molecule has 6 heteroatoms. The average molecular weight is 392 g/mol. The quantitative estimate of drug-likeness (QED) is 0.595. The summed E-state index contributed by atoms with van der Waals surface area (Å²) in [6.45, 7) is 3.71. The smallest absolute Gasteiger partial charge is 0.313 e. The molecule has 3 aromatic rings. The van der Waals surface area contributed by atoms with Crippen molar-refractivity contribution < 1.29 is 14.6 Å². The van der Waals surface area contributed by atoms with Gasteiger partial charge in [0.05, 0.1) is 11.5 Å². The van der Waals surface area contributed by atoms with Gasteiger partial charge in [0.1, 0.15) is 6.61 Å². The predicted molar refractivity (Wildman–Crippen MR) is 108 cm³/mol. The minimum Gasteiger partial charge on any atom is -0.460 e. The van der Waals surface area contributed by atoms with Gasteiger partial charge < -0.3 is 14.9 Å². The molecule has 6 nitrogen and oxygen atoms in total. The molecule has 0 saturated heterocycles. The van der Waals surface area contributed by atoms with Crippen LogP contribution in [0.4, 0.5) is 0 Å². The van der Waals surface area contributed by atoms with Crippen LogP contribution in [0.5, 0.6) is 0 Å². The van der Waals surface area contributed by atoms with Gasteiger partial charge >= 0.3 is 5.97 Å². The molecule has 0 spiro atoms. The monoisotopic (exact) mass is 392 g/mol. The van der Waals surface area contributed by atoms with Gasteiger partial charge in [-0.1, -0.05) is 60.2 Å². The van der Waals surface area contributed by atoms with E-state index in [2.05, 4.69) is 10.2 Å². The van der Waals surface area contributed by atoms with E-state index in [1.807, 2.05) is 61.5 Å². The van der Waals surface area contributed by atoms with Crippen molar-refractivity contribution in [2.75, 3.05) is 0 Å². The van der Waals surface area contributed by atoms with Gasteiger partial charge in [0.2, 0.25) is 0 Å². The van der Waals surface area contributed by atoms with Gasteiger partial charge in [0.15, 0.2) is 0 Å². The minimum atomic E-state index is -1.37. The summed E-state index contributed by atoms with van der Waals surface area (Å²) in [5, 5.41) is 16.7. The highest BCUT2D eigenvalue weighted by Crippen LogP contribution is 2.44. The van der Waals surface area contributed by atoms with E-state index in [1.165, 1.54) is 0 Å². The van der Waals surface area contributed by atoms with Crippen molar-refractivity contribution in [3.63, 3.8) is 0 Å². The molecule has 29 heavy (non-hydrogen) atoms. The molecule has 0 radical (unpaired) electrons. The highest BCUT2D eigenvalue weighted by atomic mass is 16.5. The molecule has 1 aromatic heterocycles. The number of hydrogen-bond acceptors (Lipinski definition) is 4. The van der Waals surface area contributed by atoms with E-state index >= 15 is 0 Å². The molecule has 3 atom stereocenters. The lowest BCUT2D eigenvalue weighted by atomic mass is 9.66. The highest BCUT2D eigenvalue weighted by molar-refractivity contribution is 5.77. The summed E-state index contributed by atoms with van der Waals surface area (Å²) >= 11 is 0. The van der Waals surface area contributed by atoms with Crippen LogP contribution in [0, 0.1) is 12.8 Å². The molecule has 4 rings (SSSR count). The second-order valence-electron chi connectivity index (χ2n) is 7.96. The van der Waals surface area contributed by atoms with Crippen LogP contribution >= 0.6 is 0 Å². The summed E-state index contributed by atoms with van der Waals surface area (Å²) < 4.78 is 5.59. The normalized spacial score (nSPS) is 23.4. The lowest BCUT2D eigenvalue weighted by Crippen LogP contribution is -2.50. The molecule has 150 valence electrons. The fourth-order valence-corrected chi connectivity index (χ4v) is 4.21. The van der Waals surface area contributed by atoms with Crippen LogP contribution in [0.25, 0.3) is 0 Å². The van der Waals surface area contributed by atoms with E-state index in [1.54, 1.807) is 6.92 Å². The van der Waals surface area contributed by atoms with Gasteiger partial charge in [-0.25, -0.2) is 0 Å². The number of fused-ring (bicyclic) bond motifs is 1. The van der Waals surface area contributed by atoms with Crippen LogP contribution in [0.15, 0.2) is 59.4 Å². The molecule has 0 saturated carbocycles.